The first-order valence-electron chi connectivity index (χ1n) is 13.5. The van der Waals surface area contributed by atoms with Gasteiger partial charge in [0.05, 0.1) is 18.4 Å². The molecular weight excluding hydrogens is 590 g/mol. The van der Waals surface area contributed by atoms with Crippen LogP contribution in [0.3, 0.4) is 0 Å². The standard InChI is InChI=1S/C31H31BrClN5O2/c1-35-28(26(32)29(39)34-35)27(23-10-4-2-5-11-23)36-17-15-31(16-18-36)30(40)37(20-22-9-8-12-24(33)19-22)21-38(31)25-13-6-3-7-14-25/h2-14,19,27H,15-18,20-21H2,1H3,(H,34,39). The Morgan fingerprint density at radius 3 is 2.25 bits per heavy atom. The number of hydrogen-bond acceptors (Lipinski definition) is 4. The van der Waals surface area contributed by atoms with Crippen molar-refractivity contribution in [3.63, 3.8) is 0 Å². The summed E-state index contributed by atoms with van der Waals surface area (Å²) < 4.78 is 2.35. The second-order valence-corrected chi connectivity index (χ2v) is 11.8. The Labute approximate surface area is 247 Å². The number of anilines is 1. The summed E-state index contributed by atoms with van der Waals surface area (Å²) >= 11 is 9.81. The molecule has 2 aliphatic heterocycles. The summed E-state index contributed by atoms with van der Waals surface area (Å²) in [5.41, 5.74) is 3.27. The van der Waals surface area contributed by atoms with E-state index >= 15 is 0 Å². The van der Waals surface area contributed by atoms with E-state index in [1.54, 1.807) is 4.68 Å². The van der Waals surface area contributed by atoms with Crippen molar-refractivity contribution in [3.05, 3.63) is 122 Å². The second-order valence-electron chi connectivity index (χ2n) is 10.6. The van der Waals surface area contributed by atoms with Crippen LogP contribution in [0.25, 0.3) is 0 Å². The average Bonchev–Trinajstić information content (AvgIpc) is 3.37. The first-order valence-corrected chi connectivity index (χ1v) is 14.6. The van der Waals surface area contributed by atoms with E-state index < -0.39 is 5.54 Å². The first kappa shape index (κ1) is 26.9. The van der Waals surface area contributed by atoms with Gasteiger partial charge in [-0.05, 0) is 64.2 Å². The van der Waals surface area contributed by atoms with Gasteiger partial charge in [-0.3, -0.25) is 24.3 Å². The maximum atomic E-state index is 14.3. The monoisotopic (exact) mass is 619 g/mol. The van der Waals surface area contributed by atoms with Gasteiger partial charge in [0.15, 0.2) is 0 Å². The maximum absolute atomic E-state index is 14.3. The van der Waals surface area contributed by atoms with Crippen LogP contribution in [0.1, 0.15) is 35.7 Å². The van der Waals surface area contributed by atoms with E-state index in [-0.39, 0.29) is 17.5 Å². The van der Waals surface area contributed by atoms with Gasteiger partial charge in [0.25, 0.3) is 5.56 Å². The number of likely N-dealkylation sites (tertiary alicyclic amines) is 1. The summed E-state index contributed by atoms with van der Waals surface area (Å²) in [6.07, 6.45) is 1.35. The van der Waals surface area contributed by atoms with Crippen molar-refractivity contribution in [1.82, 2.24) is 19.6 Å². The van der Waals surface area contributed by atoms with Crippen molar-refractivity contribution >= 4 is 39.1 Å². The Bertz CT molecular complexity index is 1560. The maximum Gasteiger partial charge on any atom is 0.278 e. The highest BCUT2D eigenvalue weighted by molar-refractivity contribution is 9.10. The summed E-state index contributed by atoms with van der Waals surface area (Å²) in [6.45, 7) is 2.44. The summed E-state index contributed by atoms with van der Waals surface area (Å²) in [5.74, 6) is 0.155. The fourth-order valence-corrected chi connectivity index (χ4v) is 7.12. The third-order valence-corrected chi connectivity index (χ3v) is 9.27. The van der Waals surface area contributed by atoms with Gasteiger partial charge in [0, 0.05) is 37.4 Å². The molecule has 0 bridgehead atoms. The number of aromatic amines is 1. The van der Waals surface area contributed by atoms with Gasteiger partial charge in [-0.15, -0.1) is 0 Å². The van der Waals surface area contributed by atoms with Crippen LogP contribution in [-0.2, 0) is 18.4 Å². The zero-order chi connectivity index (χ0) is 27.9. The van der Waals surface area contributed by atoms with E-state index in [0.717, 1.165) is 22.5 Å². The quantitative estimate of drug-likeness (QED) is 0.307. The summed E-state index contributed by atoms with van der Waals surface area (Å²) in [6, 6.07) is 28.1. The van der Waals surface area contributed by atoms with E-state index in [0.29, 0.717) is 48.6 Å². The molecule has 1 amide bonds. The number of halogens is 2. The zero-order valence-corrected chi connectivity index (χ0v) is 24.6. The summed E-state index contributed by atoms with van der Waals surface area (Å²) in [5, 5.41) is 3.56. The number of hydrogen-bond donors (Lipinski definition) is 1. The Morgan fingerprint density at radius 2 is 1.62 bits per heavy atom. The summed E-state index contributed by atoms with van der Waals surface area (Å²) in [7, 11) is 1.87. The Hall–Kier alpha value is -3.33. The van der Waals surface area contributed by atoms with Crippen LogP contribution < -0.4 is 10.5 Å². The molecule has 40 heavy (non-hydrogen) atoms. The molecule has 6 rings (SSSR count). The van der Waals surface area contributed by atoms with Gasteiger partial charge in [0.1, 0.15) is 10.0 Å². The van der Waals surface area contributed by atoms with Crippen LogP contribution in [-0.4, -0.2) is 50.8 Å². The SMILES string of the molecule is Cn1[nH]c(=O)c(Br)c1C(c1ccccc1)N1CCC2(CC1)C(=O)N(Cc1cccc(Cl)c1)CN2c1ccccc1. The molecule has 1 atom stereocenters. The van der Waals surface area contributed by atoms with Crippen molar-refractivity contribution in [2.75, 3.05) is 24.7 Å². The molecule has 3 aromatic carbocycles. The van der Waals surface area contributed by atoms with E-state index in [1.807, 2.05) is 72.6 Å². The number of H-pyrrole nitrogens is 1. The van der Waals surface area contributed by atoms with Crippen molar-refractivity contribution in [1.29, 1.82) is 0 Å². The topological polar surface area (TPSA) is 64.6 Å². The first-order chi connectivity index (χ1) is 19.4. The molecule has 1 aromatic heterocycles. The molecular formula is C31H31BrClN5O2. The number of rotatable bonds is 6. The minimum atomic E-state index is -0.640. The molecule has 2 saturated heterocycles. The van der Waals surface area contributed by atoms with Crippen LogP contribution in [0.5, 0.6) is 0 Å². The van der Waals surface area contributed by atoms with Gasteiger partial charge in [-0.1, -0.05) is 72.3 Å². The lowest BCUT2D eigenvalue weighted by Crippen LogP contribution is -2.57. The molecule has 2 fully saturated rings. The Kier molecular flexibility index (Phi) is 7.33. The van der Waals surface area contributed by atoms with Crippen molar-refractivity contribution < 1.29 is 4.79 Å². The largest absolute Gasteiger partial charge is 0.339 e. The fraction of sp³-hybridized carbons (Fsp3) is 0.290. The van der Waals surface area contributed by atoms with Crippen molar-refractivity contribution in [2.24, 2.45) is 7.05 Å². The van der Waals surface area contributed by atoms with Crippen molar-refractivity contribution in [2.45, 2.75) is 31.0 Å². The molecule has 0 aliphatic carbocycles. The van der Waals surface area contributed by atoms with Gasteiger partial charge in [0.2, 0.25) is 5.91 Å². The van der Waals surface area contributed by atoms with Crippen LogP contribution in [0.2, 0.25) is 5.02 Å². The van der Waals surface area contributed by atoms with Gasteiger partial charge < -0.3 is 9.80 Å². The minimum absolute atomic E-state index is 0.138. The smallest absolute Gasteiger partial charge is 0.278 e. The lowest BCUT2D eigenvalue weighted by molar-refractivity contribution is -0.134. The van der Waals surface area contributed by atoms with Gasteiger partial charge >= 0.3 is 0 Å². The number of aromatic nitrogens is 2. The minimum Gasteiger partial charge on any atom is -0.339 e. The van der Waals surface area contributed by atoms with Crippen molar-refractivity contribution in [3.8, 4) is 0 Å². The molecule has 9 heteroatoms. The number of aryl methyl sites for hydroxylation is 1. The molecule has 1 unspecified atom stereocenters. The molecule has 1 N–H and O–H groups in total. The number of piperidine rings is 1. The highest BCUT2D eigenvalue weighted by Crippen LogP contribution is 2.43. The van der Waals surface area contributed by atoms with E-state index in [4.69, 9.17) is 11.6 Å². The number of para-hydroxylation sites is 1. The van der Waals surface area contributed by atoms with Crippen LogP contribution in [0.15, 0.2) is 94.2 Å². The Balaban J connectivity index is 1.33. The number of nitrogens with one attached hydrogen (secondary N) is 1. The molecule has 0 radical (unpaired) electrons. The molecule has 206 valence electrons. The summed E-state index contributed by atoms with van der Waals surface area (Å²) in [4.78, 5) is 33.4. The number of amides is 1. The zero-order valence-electron chi connectivity index (χ0n) is 22.3. The normalized spacial score (nSPS) is 18.0. The lowest BCUT2D eigenvalue weighted by Gasteiger charge is -2.45. The predicted molar refractivity (Wildman–Crippen MR) is 161 cm³/mol. The number of carbonyl (C=O) groups is 1. The Morgan fingerprint density at radius 1 is 0.950 bits per heavy atom. The third kappa shape index (κ3) is 4.78. The van der Waals surface area contributed by atoms with E-state index in [9.17, 15) is 9.59 Å². The highest BCUT2D eigenvalue weighted by Gasteiger charge is 2.54. The average molecular weight is 621 g/mol. The van der Waals surface area contributed by atoms with Crippen LogP contribution >= 0.6 is 27.5 Å². The molecule has 3 heterocycles. The second kappa shape index (κ2) is 10.9. The number of benzene rings is 3. The lowest BCUT2D eigenvalue weighted by atomic mass is 9.84. The van der Waals surface area contributed by atoms with E-state index in [1.165, 1.54) is 0 Å². The molecule has 2 aliphatic rings. The fourth-order valence-electron chi connectivity index (χ4n) is 6.34. The number of carbonyl (C=O) groups excluding carboxylic acids is 1. The highest BCUT2D eigenvalue weighted by atomic mass is 79.9. The third-order valence-electron chi connectivity index (χ3n) is 8.26. The molecule has 0 saturated carbocycles. The van der Waals surface area contributed by atoms with Crippen LogP contribution in [0, 0.1) is 0 Å². The molecule has 1 spiro atoms. The molecule has 7 nitrogen and oxygen atoms in total. The predicted octanol–water partition coefficient (Wildman–Crippen LogP) is 5.56. The van der Waals surface area contributed by atoms with Crippen LogP contribution in [0.4, 0.5) is 5.69 Å². The number of nitrogens with zero attached hydrogens (tertiary/aromatic N) is 4. The van der Waals surface area contributed by atoms with Gasteiger partial charge in [-0.25, -0.2) is 0 Å². The van der Waals surface area contributed by atoms with E-state index in [2.05, 4.69) is 55.1 Å². The molecule has 4 aromatic rings. The van der Waals surface area contributed by atoms with Gasteiger partial charge in [-0.2, -0.15) is 0 Å².